The highest BCUT2D eigenvalue weighted by atomic mass is 16.5. The van der Waals surface area contributed by atoms with Gasteiger partial charge in [-0.2, -0.15) is 0 Å². The Morgan fingerprint density at radius 2 is 2.05 bits per heavy atom. The summed E-state index contributed by atoms with van der Waals surface area (Å²) in [4.78, 5) is 12.2. The fraction of sp³-hybridized carbons (Fsp3) is 0.667. The van der Waals surface area contributed by atoms with Crippen molar-refractivity contribution in [3.8, 4) is 0 Å². The first-order valence-corrected chi connectivity index (χ1v) is 7.30. The summed E-state index contributed by atoms with van der Waals surface area (Å²) in [6, 6.07) is 1.70. The molecule has 0 amide bonds. The van der Waals surface area contributed by atoms with Gasteiger partial charge >= 0.3 is 5.97 Å². The lowest BCUT2D eigenvalue weighted by molar-refractivity contribution is 0.0153. The Balaban J connectivity index is 1.94. The smallest absolute Gasteiger partial charge is 0.355 e. The van der Waals surface area contributed by atoms with Crippen LogP contribution in [0.15, 0.2) is 12.3 Å². The molecule has 2 rings (SSSR count). The Kier molecular flexibility index (Phi) is 4.51. The molecule has 1 aromatic rings. The number of rotatable bonds is 4. The van der Waals surface area contributed by atoms with Crippen LogP contribution in [0.3, 0.4) is 0 Å². The predicted molar refractivity (Wildman–Crippen MR) is 76.0 cm³/mol. The van der Waals surface area contributed by atoms with Crippen molar-refractivity contribution in [1.29, 1.82) is 0 Å². The molecule has 1 aliphatic carbocycles. The molecule has 1 aliphatic rings. The highest BCUT2D eigenvalue weighted by Crippen LogP contribution is 2.28. The van der Waals surface area contributed by atoms with Crippen molar-refractivity contribution in [3.63, 3.8) is 0 Å². The second kappa shape index (κ2) is 6.13. The van der Waals surface area contributed by atoms with Crippen molar-refractivity contribution in [3.05, 3.63) is 18.0 Å². The fourth-order valence-corrected chi connectivity index (χ4v) is 2.84. The third-order valence-electron chi connectivity index (χ3n) is 4.11. The first-order chi connectivity index (χ1) is 9.13. The van der Waals surface area contributed by atoms with Gasteiger partial charge in [0.1, 0.15) is 11.8 Å². The number of carbonyl (C=O) groups excluding carboxylic acids is 1. The normalized spacial score (nSPS) is 23.3. The summed E-state index contributed by atoms with van der Waals surface area (Å²) in [5.74, 6) is 0.573. The summed E-state index contributed by atoms with van der Waals surface area (Å²) in [5, 5.41) is 0. The largest absolute Gasteiger partial charge is 0.458 e. The molecule has 4 heteroatoms. The molecular formula is C15H24N2O2. The van der Waals surface area contributed by atoms with E-state index in [0.29, 0.717) is 11.4 Å². The number of nitrogens with zero attached hydrogens (tertiary/aromatic N) is 1. The number of carbonyl (C=O) groups is 1. The Hall–Kier alpha value is -1.45. The number of esters is 1. The molecule has 1 aromatic heterocycles. The van der Waals surface area contributed by atoms with E-state index in [2.05, 4.69) is 6.92 Å². The zero-order valence-electron chi connectivity index (χ0n) is 11.9. The van der Waals surface area contributed by atoms with Crippen LogP contribution in [-0.4, -0.2) is 16.6 Å². The van der Waals surface area contributed by atoms with Gasteiger partial charge in [-0.15, -0.1) is 0 Å². The average Bonchev–Trinajstić information content (AvgIpc) is 2.81. The Labute approximate surface area is 114 Å². The van der Waals surface area contributed by atoms with E-state index in [1.54, 1.807) is 12.3 Å². The highest BCUT2D eigenvalue weighted by Gasteiger charge is 2.24. The molecule has 1 saturated carbocycles. The summed E-state index contributed by atoms with van der Waals surface area (Å²) in [5.41, 5.74) is 6.92. The molecule has 0 bridgehead atoms. The zero-order valence-corrected chi connectivity index (χ0v) is 11.9. The van der Waals surface area contributed by atoms with Gasteiger partial charge < -0.3 is 15.0 Å². The Morgan fingerprint density at radius 3 is 2.63 bits per heavy atom. The lowest BCUT2D eigenvalue weighted by atomic mass is 9.86. The summed E-state index contributed by atoms with van der Waals surface area (Å²) >= 11 is 0. The van der Waals surface area contributed by atoms with E-state index >= 15 is 0 Å². The van der Waals surface area contributed by atoms with Crippen molar-refractivity contribution >= 4 is 11.7 Å². The van der Waals surface area contributed by atoms with Crippen LogP contribution in [0.1, 0.15) is 56.4 Å². The third-order valence-corrected chi connectivity index (χ3v) is 4.11. The monoisotopic (exact) mass is 264 g/mol. The van der Waals surface area contributed by atoms with Crippen LogP contribution >= 0.6 is 0 Å². The van der Waals surface area contributed by atoms with Gasteiger partial charge in [-0.1, -0.05) is 13.3 Å². The average molecular weight is 264 g/mol. The lowest BCUT2D eigenvalue weighted by Crippen LogP contribution is -2.25. The van der Waals surface area contributed by atoms with E-state index in [-0.39, 0.29) is 12.1 Å². The van der Waals surface area contributed by atoms with Gasteiger partial charge in [0, 0.05) is 12.7 Å². The van der Waals surface area contributed by atoms with Crippen molar-refractivity contribution in [1.82, 2.24) is 4.57 Å². The first-order valence-electron chi connectivity index (χ1n) is 7.30. The lowest BCUT2D eigenvalue weighted by Gasteiger charge is -2.27. The van der Waals surface area contributed by atoms with E-state index in [0.717, 1.165) is 25.3 Å². The van der Waals surface area contributed by atoms with Gasteiger partial charge in [-0.3, -0.25) is 0 Å². The number of ether oxygens (including phenoxy) is 1. The number of hydrogen-bond acceptors (Lipinski definition) is 3. The maximum atomic E-state index is 12.2. The fourth-order valence-electron chi connectivity index (χ4n) is 2.84. The summed E-state index contributed by atoms with van der Waals surface area (Å²) in [6.45, 7) is 4.95. The Morgan fingerprint density at radius 1 is 1.37 bits per heavy atom. The number of anilines is 1. The minimum atomic E-state index is -0.238. The van der Waals surface area contributed by atoms with Crippen LogP contribution in [0.5, 0.6) is 0 Å². The minimum Gasteiger partial charge on any atom is -0.458 e. The van der Waals surface area contributed by atoms with Crippen LogP contribution in [0.25, 0.3) is 0 Å². The number of hydrogen-bond donors (Lipinski definition) is 1. The third kappa shape index (κ3) is 3.31. The molecule has 0 unspecified atom stereocenters. The van der Waals surface area contributed by atoms with Crippen molar-refractivity contribution < 1.29 is 9.53 Å². The molecule has 0 aliphatic heterocycles. The van der Waals surface area contributed by atoms with Gasteiger partial charge in [0.2, 0.25) is 0 Å². The standard InChI is InChI=1S/C15H24N2O2/c1-3-11-5-7-13(8-6-11)19-15(18)14-9-12(16)10-17(14)4-2/h9-11,13H,3-8,16H2,1-2H3. The molecule has 106 valence electrons. The summed E-state index contributed by atoms with van der Waals surface area (Å²) in [6.07, 6.45) is 7.42. The van der Waals surface area contributed by atoms with Crippen molar-refractivity contribution in [2.75, 3.05) is 5.73 Å². The molecular weight excluding hydrogens is 240 g/mol. The quantitative estimate of drug-likeness (QED) is 0.849. The molecule has 0 aromatic carbocycles. The molecule has 1 fully saturated rings. The number of aromatic nitrogens is 1. The molecule has 2 N–H and O–H groups in total. The van der Waals surface area contributed by atoms with Crippen LogP contribution < -0.4 is 5.73 Å². The van der Waals surface area contributed by atoms with Crippen LogP contribution in [-0.2, 0) is 11.3 Å². The van der Waals surface area contributed by atoms with E-state index in [1.165, 1.54) is 19.3 Å². The van der Waals surface area contributed by atoms with Crippen LogP contribution in [0.2, 0.25) is 0 Å². The summed E-state index contributed by atoms with van der Waals surface area (Å²) < 4.78 is 7.45. The van der Waals surface area contributed by atoms with E-state index < -0.39 is 0 Å². The Bertz CT molecular complexity index is 431. The van der Waals surface area contributed by atoms with Gasteiger partial charge in [0.15, 0.2) is 0 Å². The second-order valence-electron chi connectivity index (χ2n) is 5.40. The number of aryl methyl sites for hydroxylation is 1. The van der Waals surface area contributed by atoms with Crippen LogP contribution in [0, 0.1) is 5.92 Å². The topological polar surface area (TPSA) is 57.2 Å². The predicted octanol–water partition coefficient (Wildman–Crippen LogP) is 3.22. The van der Waals surface area contributed by atoms with Gasteiger partial charge in [0.25, 0.3) is 0 Å². The maximum Gasteiger partial charge on any atom is 0.355 e. The zero-order chi connectivity index (χ0) is 13.8. The number of nitrogen functional groups attached to an aromatic ring is 1. The minimum absolute atomic E-state index is 0.0803. The van der Waals surface area contributed by atoms with Gasteiger partial charge in [0.05, 0.1) is 5.69 Å². The first kappa shape index (κ1) is 14.0. The molecule has 0 spiro atoms. The molecule has 0 saturated heterocycles. The molecule has 0 radical (unpaired) electrons. The number of nitrogens with two attached hydrogens (primary N) is 1. The SMILES string of the molecule is CCC1CCC(OC(=O)c2cc(N)cn2CC)CC1. The highest BCUT2D eigenvalue weighted by molar-refractivity contribution is 5.89. The van der Waals surface area contributed by atoms with Crippen LogP contribution in [0.4, 0.5) is 5.69 Å². The second-order valence-corrected chi connectivity index (χ2v) is 5.40. The van der Waals surface area contributed by atoms with Gasteiger partial charge in [-0.25, -0.2) is 4.79 Å². The van der Waals surface area contributed by atoms with E-state index in [1.807, 2.05) is 11.5 Å². The molecule has 4 nitrogen and oxygen atoms in total. The molecule has 1 heterocycles. The molecule has 0 atom stereocenters. The molecule has 19 heavy (non-hydrogen) atoms. The van der Waals surface area contributed by atoms with Crippen molar-refractivity contribution in [2.24, 2.45) is 5.92 Å². The maximum absolute atomic E-state index is 12.2. The van der Waals surface area contributed by atoms with Gasteiger partial charge in [-0.05, 0) is 44.6 Å². The van der Waals surface area contributed by atoms with E-state index in [4.69, 9.17) is 10.5 Å². The van der Waals surface area contributed by atoms with E-state index in [9.17, 15) is 4.79 Å². The van der Waals surface area contributed by atoms with Crippen molar-refractivity contribution in [2.45, 2.75) is 58.6 Å². The summed E-state index contributed by atoms with van der Waals surface area (Å²) in [7, 11) is 0.